The molecule has 1 heterocycles. The molecule has 0 spiro atoms. The van der Waals surface area contributed by atoms with Crippen LogP contribution in [-0.4, -0.2) is 42.1 Å². The number of nitrogens with two attached hydrogens (primary N) is 1. The van der Waals surface area contributed by atoms with Gasteiger partial charge in [-0.25, -0.2) is 4.99 Å². The minimum atomic E-state index is -0.0154. The lowest BCUT2D eigenvalue weighted by Gasteiger charge is -2.28. The van der Waals surface area contributed by atoms with Crippen molar-refractivity contribution in [2.75, 3.05) is 19.6 Å². The standard InChI is InChI=1S/C13H28N4/c1-11(10-17-8-6-5-7-9-17)15-12(14)16-13(2,3)4/h11H,5-10H2,1-4H3,(H3,14,15,16). The van der Waals surface area contributed by atoms with Gasteiger partial charge in [0, 0.05) is 12.1 Å². The molecule has 1 unspecified atom stereocenters. The molecular weight excluding hydrogens is 212 g/mol. The molecule has 0 aromatic heterocycles. The van der Waals surface area contributed by atoms with Crippen molar-refractivity contribution in [1.29, 1.82) is 0 Å². The zero-order valence-corrected chi connectivity index (χ0v) is 11.8. The average molecular weight is 240 g/mol. The summed E-state index contributed by atoms with van der Waals surface area (Å²) in [5, 5.41) is 3.20. The second-order valence-corrected chi connectivity index (χ2v) is 6.10. The zero-order chi connectivity index (χ0) is 12.9. The Bertz CT molecular complexity index is 249. The van der Waals surface area contributed by atoms with Crippen LogP contribution in [0.5, 0.6) is 0 Å². The van der Waals surface area contributed by atoms with Crippen molar-refractivity contribution >= 4 is 5.96 Å². The van der Waals surface area contributed by atoms with Gasteiger partial charge in [0.2, 0.25) is 0 Å². The van der Waals surface area contributed by atoms with Crippen LogP contribution in [0.2, 0.25) is 0 Å². The van der Waals surface area contributed by atoms with Gasteiger partial charge in [0.1, 0.15) is 0 Å². The average Bonchev–Trinajstić information content (AvgIpc) is 2.15. The second kappa shape index (κ2) is 6.24. The van der Waals surface area contributed by atoms with E-state index in [9.17, 15) is 0 Å². The number of likely N-dealkylation sites (tertiary alicyclic amines) is 1. The van der Waals surface area contributed by atoms with Crippen LogP contribution in [0.25, 0.3) is 0 Å². The first-order valence-electron chi connectivity index (χ1n) is 6.70. The predicted octanol–water partition coefficient (Wildman–Crippen LogP) is 1.56. The summed E-state index contributed by atoms with van der Waals surface area (Å²) in [7, 11) is 0. The number of nitrogens with one attached hydrogen (secondary N) is 1. The predicted molar refractivity (Wildman–Crippen MR) is 74.3 cm³/mol. The molecule has 3 N–H and O–H groups in total. The lowest BCUT2D eigenvalue weighted by atomic mass is 10.1. The van der Waals surface area contributed by atoms with Crippen LogP contribution < -0.4 is 11.1 Å². The first-order valence-corrected chi connectivity index (χ1v) is 6.70. The molecule has 0 bridgehead atoms. The van der Waals surface area contributed by atoms with Gasteiger partial charge in [0.15, 0.2) is 5.96 Å². The molecule has 1 rings (SSSR count). The van der Waals surface area contributed by atoms with Gasteiger partial charge in [-0.1, -0.05) is 6.42 Å². The fraction of sp³-hybridized carbons (Fsp3) is 0.923. The SMILES string of the molecule is CC(CN1CCCCC1)N=C(N)NC(C)(C)C. The van der Waals surface area contributed by atoms with E-state index < -0.39 is 0 Å². The minimum absolute atomic E-state index is 0.0154. The summed E-state index contributed by atoms with van der Waals surface area (Å²) in [6.45, 7) is 11.8. The number of rotatable bonds is 3. The number of hydrogen-bond acceptors (Lipinski definition) is 2. The molecule has 0 saturated carbocycles. The molecule has 1 atom stereocenters. The maximum absolute atomic E-state index is 5.89. The smallest absolute Gasteiger partial charge is 0.189 e. The molecular formula is C13H28N4. The van der Waals surface area contributed by atoms with Gasteiger partial charge in [0.25, 0.3) is 0 Å². The van der Waals surface area contributed by atoms with E-state index in [1.807, 2.05) is 0 Å². The summed E-state index contributed by atoms with van der Waals surface area (Å²) in [5.41, 5.74) is 5.87. The maximum Gasteiger partial charge on any atom is 0.189 e. The largest absolute Gasteiger partial charge is 0.370 e. The van der Waals surface area contributed by atoms with E-state index in [0.717, 1.165) is 6.54 Å². The highest BCUT2D eigenvalue weighted by Gasteiger charge is 2.14. The third kappa shape index (κ3) is 6.51. The van der Waals surface area contributed by atoms with Crippen molar-refractivity contribution in [1.82, 2.24) is 10.2 Å². The summed E-state index contributed by atoms with van der Waals surface area (Å²) in [4.78, 5) is 6.99. The molecule has 1 aliphatic heterocycles. The van der Waals surface area contributed by atoms with Gasteiger partial charge in [0.05, 0.1) is 6.04 Å². The van der Waals surface area contributed by atoms with Gasteiger partial charge >= 0.3 is 0 Å². The molecule has 4 heteroatoms. The number of guanidine groups is 1. The van der Waals surface area contributed by atoms with E-state index in [1.54, 1.807) is 0 Å². The molecule has 0 amide bonds. The molecule has 0 aromatic rings. The Morgan fingerprint density at radius 2 is 1.88 bits per heavy atom. The van der Waals surface area contributed by atoms with Crippen LogP contribution >= 0.6 is 0 Å². The molecule has 17 heavy (non-hydrogen) atoms. The molecule has 0 aliphatic carbocycles. The Hall–Kier alpha value is -0.770. The van der Waals surface area contributed by atoms with Crippen molar-refractivity contribution < 1.29 is 0 Å². The van der Waals surface area contributed by atoms with Gasteiger partial charge in [-0.2, -0.15) is 0 Å². The van der Waals surface area contributed by atoms with E-state index >= 15 is 0 Å². The van der Waals surface area contributed by atoms with E-state index in [1.165, 1.54) is 32.4 Å². The highest BCUT2D eigenvalue weighted by Crippen LogP contribution is 2.09. The number of aliphatic imine (C=N–C) groups is 1. The van der Waals surface area contributed by atoms with E-state index in [-0.39, 0.29) is 11.6 Å². The van der Waals surface area contributed by atoms with Crippen LogP contribution in [0.15, 0.2) is 4.99 Å². The van der Waals surface area contributed by atoms with Crippen molar-refractivity contribution in [3.05, 3.63) is 0 Å². The monoisotopic (exact) mass is 240 g/mol. The van der Waals surface area contributed by atoms with Crippen LogP contribution in [0, 0.1) is 0 Å². The summed E-state index contributed by atoms with van der Waals surface area (Å²) in [6.07, 6.45) is 4.03. The summed E-state index contributed by atoms with van der Waals surface area (Å²) >= 11 is 0. The Morgan fingerprint density at radius 1 is 1.29 bits per heavy atom. The summed E-state index contributed by atoms with van der Waals surface area (Å²) < 4.78 is 0. The molecule has 0 radical (unpaired) electrons. The topological polar surface area (TPSA) is 53.6 Å². The molecule has 100 valence electrons. The molecule has 1 fully saturated rings. The first-order chi connectivity index (χ1) is 7.87. The highest BCUT2D eigenvalue weighted by molar-refractivity contribution is 5.78. The van der Waals surface area contributed by atoms with Crippen molar-refractivity contribution in [3.63, 3.8) is 0 Å². The fourth-order valence-corrected chi connectivity index (χ4v) is 2.21. The van der Waals surface area contributed by atoms with E-state index in [4.69, 9.17) is 5.73 Å². The summed E-state index contributed by atoms with van der Waals surface area (Å²) in [5.74, 6) is 0.557. The van der Waals surface area contributed by atoms with Gasteiger partial charge in [-0.3, -0.25) is 0 Å². The third-order valence-corrected chi connectivity index (χ3v) is 2.83. The van der Waals surface area contributed by atoms with Gasteiger partial charge < -0.3 is 16.0 Å². The van der Waals surface area contributed by atoms with Crippen LogP contribution in [0.4, 0.5) is 0 Å². The Balaban J connectivity index is 2.36. The third-order valence-electron chi connectivity index (χ3n) is 2.83. The van der Waals surface area contributed by atoms with E-state index in [0.29, 0.717) is 5.96 Å². The molecule has 1 saturated heterocycles. The second-order valence-electron chi connectivity index (χ2n) is 6.10. The normalized spacial score (nSPS) is 21.3. The number of nitrogens with zero attached hydrogens (tertiary/aromatic N) is 2. The fourth-order valence-electron chi connectivity index (χ4n) is 2.21. The van der Waals surface area contributed by atoms with Crippen molar-refractivity contribution in [3.8, 4) is 0 Å². The zero-order valence-electron chi connectivity index (χ0n) is 11.8. The number of piperidine rings is 1. The van der Waals surface area contributed by atoms with Crippen LogP contribution in [-0.2, 0) is 0 Å². The Labute approximate surface area is 106 Å². The van der Waals surface area contributed by atoms with Gasteiger partial charge in [-0.05, 0) is 53.6 Å². The quantitative estimate of drug-likeness (QED) is 0.581. The highest BCUT2D eigenvalue weighted by atomic mass is 15.2. The molecule has 0 aromatic carbocycles. The Morgan fingerprint density at radius 3 is 2.41 bits per heavy atom. The van der Waals surface area contributed by atoms with Crippen LogP contribution in [0.1, 0.15) is 47.0 Å². The van der Waals surface area contributed by atoms with E-state index in [2.05, 4.69) is 42.9 Å². The first kappa shape index (κ1) is 14.3. The summed E-state index contributed by atoms with van der Waals surface area (Å²) in [6, 6.07) is 0.267. The maximum atomic E-state index is 5.89. The molecule has 1 aliphatic rings. The van der Waals surface area contributed by atoms with Crippen molar-refractivity contribution in [2.45, 2.75) is 58.5 Å². The van der Waals surface area contributed by atoms with Crippen molar-refractivity contribution in [2.24, 2.45) is 10.7 Å². The van der Waals surface area contributed by atoms with Crippen LogP contribution in [0.3, 0.4) is 0 Å². The number of hydrogen-bond donors (Lipinski definition) is 2. The lowest BCUT2D eigenvalue weighted by molar-refractivity contribution is 0.220. The lowest BCUT2D eigenvalue weighted by Crippen LogP contribution is -2.46. The van der Waals surface area contributed by atoms with Gasteiger partial charge in [-0.15, -0.1) is 0 Å². The Kier molecular flexibility index (Phi) is 5.25. The minimum Gasteiger partial charge on any atom is -0.370 e. The molecule has 4 nitrogen and oxygen atoms in total.